The fourth-order valence-corrected chi connectivity index (χ4v) is 1.29. The summed E-state index contributed by atoms with van der Waals surface area (Å²) in [7, 11) is 1.04. The van der Waals surface area contributed by atoms with Crippen LogP contribution in [0.3, 0.4) is 0 Å². The zero-order chi connectivity index (χ0) is 13.9. The van der Waals surface area contributed by atoms with Crippen molar-refractivity contribution in [1.29, 1.82) is 0 Å². The first-order valence-corrected chi connectivity index (χ1v) is 4.60. The Balaban J connectivity index is 3.26. The highest BCUT2D eigenvalue weighted by atomic mass is 19.4. The number of ether oxygens (including phenoxy) is 2. The van der Waals surface area contributed by atoms with E-state index in [2.05, 4.69) is 14.5 Å². The Morgan fingerprint density at radius 3 is 2.39 bits per heavy atom. The molecule has 0 amide bonds. The average Bonchev–Trinajstić information content (AvgIpc) is 2.24. The summed E-state index contributed by atoms with van der Waals surface area (Å²) in [6, 6.07) is 0.633. The van der Waals surface area contributed by atoms with Crippen LogP contribution in [0.25, 0.3) is 0 Å². The Morgan fingerprint density at radius 2 is 2.00 bits per heavy atom. The van der Waals surface area contributed by atoms with Gasteiger partial charge >= 0.3 is 6.36 Å². The molecule has 0 radical (unpaired) electrons. The SMILES string of the molecule is COc1cc(OC(F)(F)F)nc(CN)c1C(F)F. The van der Waals surface area contributed by atoms with Crippen LogP contribution in [-0.4, -0.2) is 18.5 Å². The standard InChI is InChI=1S/C9H9F5N2O2/c1-17-5-2-6(18-9(12,13)14)16-4(3-15)7(5)8(10)11/h2,8H,3,15H2,1H3. The highest BCUT2D eigenvalue weighted by molar-refractivity contribution is 5.41. The van der Waals surface area contributed by atoms with Gasteiger partial charge in [0.15, 0.2) is 0 Å². The van der Waals surface area contributed by atoms with Crippen molar-refractivity contribution in [3.8, 4) is 11.6 Å². The minimum Gasteiger partial charge on any atom is -0.496 e. The molecular formula is C9H9F5N2O2. The molecule has 0 aliphatic rings. The number of pyridine rings is 1. The minimum absolute atomic E-state index is 0.413. The molecule has 1 heterocycles. The molecule has 1 rings (SSSR count). The first-order valence-electron chi connectivity index (χ1n) is 4.60. The topological polar surface area (TPSA) is 57.4 Å². The zero-order valence-electron chi connectivity index (χ0n) is 9.09. The summed E-state index contributed by atoms with van der Waals surface area (Å²) in [5, 5.41) is 0. The number of nitrogens with two attached hydrogens (primary N) is 1. The van der Waals surface area contributed by atoms with Gasteiger partial charge in [-0.25, -0.2) is 13.8 Å². The molecule has 102 valence electrons. The van der Waals surface area contributed by atoms with Gasteiger partial charge in [-0.05, 0) is 0 Å². The molecule has 1 aromatic rings. The molecule has 2 N–H and O–H groups in total. The van der Waals surface area contributed by atoms with Crippen LogP contribution in [0.4, 0.5) is 22.0 Å². The van der Waals surface area contributed by atoms with Crippen LogP contribution in [-0.2, 0) is 6.54 Å². The number of hydrogen-bond donors (Lipinski definition) is 1. The number of halogens is 5. The number of aromatic nitrogens is 1. The maximum Gasteiger partial charge on any atom is 0.574 e. The van der Waals surface area contributed by atoms with E-state index in [0.29, 0.717) is 6.07 Å². The molecule has 0 spiro atoms. The maximum absolute atomic E-state index is 12.7. The molecule has 0 aliphatic heterocycles. The molecule has 0 bridgehead atoms. The number of methoxy groups -OCH3 is 1. The molecule has 9 heteroatoms. The van der Waals surface area contributed by atoms with Crippen molar-refractivity contribution < 1.29 is 31.4 Å². The maximum atomic E-state index is 12.7. The fraction of sp³-hybridized carbons (Fsp3) is 0.444. The highest BCUT2D eigenvalue weighted by Gasteiger charge is 2.33. The van der Waals surface area contributed by atoms with Crippen molar-refractivity contribution in [2.75, 3.05) is 7.11 Å². The molecule has 0 fully saturated rings. The fourth-order valence-electron chi connectivity index (χ4n) is 1.29. The van der Waals surface area contributed by atoms with E-state index >= 15 is 0 Å². The lowest BCUT2D eigenvalue weighted by molar-refractivity contribution is -0.276. The van der Waals surface area contributed by atoms with Crippen LogP contribution in [0, 0.1) is 0 Å². The van der Waals surface area contributed by atoms with Crippen molar-refractivity contribution in [3.05, 3.63) is 17.3 Å². The molecule has 1 aromatic heterocycles. The first kappa shape index (κ1) is 14.4. The van der Waals surface area contributed by atoms with E-state index in [1.165, 1.54) is 0 Å². The average molecular weight is 272 g/mol. The van der Waals surface area contributed by atoms with Gasteiger partial charge in [0.05, 0.1) is 18.4 Å². The normalized spacial score (nSPS) is 11.8. The van der Waals surface area contributed by atoms with E-state index in [1.54, 1.807) is 0 Å². The van der Waals surface area contributed by atoms with Gasteiger partial charge in [-0.2, -0.15) is 0 Å². The monoisotopic (exact) mass is 272 g/mol. The third-order valence-corrected chi connectivity index (χ3v) is 1.93. The van der Waals surface area contributed by atoms with Crippen molar-refractivity contribution in [1.82, 2.24) is 4.98 Å². The predicted molar refractivity (Wildman–Crippen MR) is 50.3 cm³/mol. The van der Waals surface area contributed by atoms with E-state index in [0.717, 1.165) is 7.11 Å². The Bertz CT molecular complexity index is 397. The van der Waals surface area contributed by atoms with Crippen LogP contribution >= 0.6 is 0 Å². The smallest absolute Gasteiger partial charge is 0.496 e. The molecule has 0 aliphatic carbocycles. The van der Waals surface area contributed by atoms with Gasteiger partial charge in [-0.1, -0.05) is 0 Å². The number of hydrogen-bond acceptors (Lipinski definition) is 4. The number of rotatable bonds is 4. The van der Waals surface area contributed by atoms with Gasteiger partial charge < -0.3 is 15.2 Å². The molecule has 0 unspecified atom stereocenters. The summed E-state index contributed by atoms with van der Waals surface area (Å²) < 4.78 is 69.5. The van der Waals surface area contributed by atoms with Gasteiger partial charge in [-0.3, -0.25) is 0 Å². The number of alkyl halides is 5. The largest absolute Gasteiger partial charge is 0.574 e. The van der Waals surface area contributed by atoms with E-state index in [-0.39, 0.29) is 0 Å². The Labute approximate surface area is 98.5 Å². The lowest BCUT2D eigenvalue weighted by Crippen LogP contribution is -2.19. The van der Waals surface area contributed by atoms with Crippen LogP contribution in [0.1, 0.15) is 17.7 Å². The van der Waals surface area contributed by atoms with E-state index in [1.807, 2.05) is 0 Å². The van der Waals surface area contributed by atoms with Gasteiger partial charge in [0.2, 0.25) is 5.88 Å². The minimum atomic E-state index is -4.98. The zero-order valence-corrected chi connectivity index (χ0v) is 9.09. The van der Waals surface area contributed by atoms with Gasteiger partial charge in [0.1, 0.15) is 5.75 Å². The summed E-state index contributed by atoms with van der Waals surface area (Å²) in [5.41, 5.74) is 4.10. The first-order chi connectivity index (χ1) is 8.28. The van der Waals surface area contributed by atoms with Gasteiger partial charge in [0.25, 0.3) is 6.43 Å². The lowest BCUT2D eigenvalue weighted by Gasteiger charge is -2.15. The third-order valence-electron chi connectivity index (χ3n) is 1.93. The predicted octanol–water partition coefficient (Wildman–Crippen LogP) is 2.39. The van der Waals surface area contributed by atoms with E-state index in [4.69, 9.17) is 5.73 Å². The summed E-state index contributed by atoms with van der Waals surface area (Å²) >= 11 is 0. The highest BCUT2D eigenvalue weighted by Crippen LogP contribution is 2.35. The third kappa shape index (κ3) is 3.42. The summed E-state index contributed by atoms with van der Waals surface area (Å²) in [6.07, 6.45) is -7.94. The van der Waals surface area contributed by atoms with Gasteiger partial charge in [0, 0.05) is 12.6 Å². The van der Waals surface area contributed by atoms with E-state index in [9.17, 15) is 22.0 Å². The van der Waals surface area contributed by atoms with E-state index < -0.39 is 42.2 Å². The Morgan fingerprint density at radius 1 is 1.39 bits per heavy atom. The molecule has 18 heavy (non-hydrogen) atoms. The van der Waals surface area contributed by atoms with Crippen LogP contribution in [0.15, 0.2) is 6.07 Å². The molecule has 0 atom stereocenters. The molecule has 4 nitrogen and oxygen atoms in total. The molecular weight excluding hydrogens is 263 g/mol. The molecule has 0 saturated carbocycles. The second-order valence-electron chi connectivity index (χ2n) is 3.08. The van der Waals surface area contributed by atoms with Crippen LogP contribution in [0.2, 0.25) is 0 Å². The van der Waals surface area contributed by atoms with Crippen LogP contribution < -0.4 is 15.2 Å². The second kappa shape index (κ2) is 5.34. The van der Waals surface area contributed by atoms with Crippen molar-refractivity contribution in [2.45, 2.75) is 19.3 Å². The summed E-state index contributed by atoms with van der Waals surface area (Å²) in [4.78, 5) is 3.28. The second-order valence-corrected chi connectivity index (χ2v) is 3.08. The summed E-state index contributed by atoms with van der Waals surface area (Å²) in [5.74, 6) is -1.36. The molecule has 0 saturated heterocycles. The van der Waals surface area contributed by atoms with Gasteiger partial charge in [-0.15, -0.1) is 13.2 Å². The van der Waals surface area contributed by atoms with Crippen LogP contribution in [0.5, 0.6) is 11.6 Å². The quantitative estimate of drug-likeness (QED) is 0.855. The van der Waals surface area contributed by atoms with Crippen molar-refractivity contribution >= 4 is 0 Å². The van der Waals surface area contributed by atoms with Crippen molar-refractivity contribution in [2.24, 2.45) is 5.73 Å². The number of nitrogens with zero attached hydrogens (tertiary/aromatic N) is 1. The Hall–Kier alpha value is -1.64. The summed E-state index contributed by atoms with van der Waals surface area (Å²) in [6.45, 7) is -0.467. The Kier molecular flexibility index (Phi) is 4.28. The van der Waals surface area contributed by atoms with Crippen molar-refractivity contribution in [3.63, 3.8) is 0 Å². The lowest BCUT2D eigenvalue weighted by atomic mass is 10.1. The molecule has 0 aromatic carbocycles.